The number of nitrogens with two attached hydrogens (primary N) is 1. The number of aromatic nitrogens is 2. The van der Waals surface area contributed by atoms with Crippen molar-refractivity contribution < 1.29 is 0 Å². The lowest BCUT2D eigenvalue weighted by molar-refractivity contribution is 0.756. The molecule has 0 fully saturated rings. The Bertz CT molecular complexity index is 498. The van der Waals surface area contributed by atoms with Gasteiger partial charge in [0.1, 0.15) is 0 Å². The SMILES string of the molecule is Cc1nn(C)cc1Nc1c(N)cccc1Cl. The van der Waals surface area contributed by atoms with Crippen LogP contribution < -0.4 is 11.1 Å². The average molecular weight is 237 g/mol. The van der Waals surface area contributed by atoms with Gasteiger partial charge in [-0.25, -0.2) is 0 Å². The summed E-state index contributed by atoms with van der Waals surface area (Å²) in [6.45, 7) is 1.93. The Kier molecular flexibility index (Phi) is 2.75. The van der Waals surface area contributed by atoms with Crippen LogP contribution in [0.2, 0.25) is 5.02 Å². The zero-order valence-electron chi connectivity index (χ0n) is 9.16. The van der Waals surface area contributed by atoms with Crippen molar-refractivity contribution in [3.63, 3.8) is 0 Å². The molecule has 1 aromatic carbocycles. The number of nitrogens with zero attached hydrogens (tertiary/aromatic N) is 2. The maximum atomic E-state index is 6.07. The first kappa shape index (κ1) is 10.8. The summed E-state index contributed by atoms with van der Waals surface area (Å²) in [6, 6.07) is 5.42. The largest absolute Gasteiger partial charge is 0.397 e. The van der Waals surface area contributed by atoms with Crippen LogP contribution >= 0.6 is 11.6 Å². The Morgan fingerprint density at radius 1 is 1.44 bits per heavy atom. The molecule has 0 aliphatic heterocycles. The first-order chi connectivity index (χ1) is 7.58. The van der Waals surface area contributed by atoms with Crippen molar-refractivity contribution in [2.24, 2.45) is 7.05 Å². The van der Waals surface area contributed by atoms with Gasteiger partial charge in [-0.1, -0.05) is 17.7 Å². The molecule has 0 saturated heterocycles. The molecule has 2 rings (SSSR count). The fraction of sp³-hybridized carbons (Fsp3) is 0.182. The topological polar surface area (TPSA) is 55.9 Å². The number of rotatable bonds is 2. The van der Waals surface area contributed by atoms with E-state index in [4.69, 9.17) is 17.3 Å². The van der Waals surface area contributed by atoms with Crippen molar-refractivity contribution in [1.29, 1.82) is 0 Å². The summed E-state index contributed by atoms with van der Waals surface area (Å²) in [5, 5.41) is 8.03. The summed E-state index contributed by atoms with van der Waals surface area (Å²) in [5.41, 5.74) is 9.00. The quantitative estimate of drug-likeness (QED) is 0.789. The smallest absolute Gasteiger partial charge is 0.0828 e. The molecular formula is C11H13ClN4. The molecule has 4 nitrogen and oxygen atoms in total. The highest BCUT2D eigenvalue weighted by Gasteiger charge is 2.08. The standard InChI is InChI=1S/C11H13ClN4/c1-7-10(6-16(2)15-7)14-11-8(12)4-3-5-9(11)13/h3-6,14H,13H2,1-2H3. The zero-order valence-corrected chi connectivity index (χ0v) is 9.92. The van der Waals surface area contributed by atoms with Gasteiger partial charge in [0, 0.05) is 13.2 Å². The highest BCUT2D eigenvalue weighted by atomic mass is 35.5. The van der Waals surface area contributed by atoms with Gasteiger partial charge in [-0.15, -0.1) is 0 Å². The number of nitrogens with one attached hydrogen (secondary N) is 1. The normalized spacial score (nSPS) is 10.4. The van der Waals surface area contributed by atoms with Crippen LogP contribution in [0.15, 0.2) is 24.4 Å². The predicted octanol–water partition coefficient (Wildman–Crippen LogP) is 2.71. The molecule has 3 N–H and O–H groups in total. The number of nitrogen functional groups attached to an aromatic ring is 1. The molecule has 0 aliphatic rings. The second-order valence-corrected chi connectivity index (χ2v) is 4.04. The van der Waals surface area contributed by atoms with E-state index in [9.17, 15) is 0 Å². The molecule has 0 spiro atoms. The summed E-state index contributed by atoms with van der Waals surface area (Å²) in [5.74, 6) is 0. The third-order valence-corrected chi connectivity index (χ3v) is 2.63. The molecule has 0 saturated carbocycles. The zero-order chi connectivity index (χ0) is 11.7. The monoisotopic (exact) mass is 236 g/mol. The number of anilines is 3. The van der Waals surface area contributed by atoms with E-state index in [1.807, 2.05) is 26.2 Å². The number of hydrogen-bond donors (Lipinski definition) is 2. The Labute approximate surface area is 99.0 Å². The van der Waals surface area contributed by atoms with Crippen LogP contribution in [0.4, 0.5) is 17.1 Å². The highest BCUT2D eigenvalue weighted by Crippen LogP contribution is 2.31. The number of aryl methyl sites for hydroxylation is 2. The summed E-state index contributed by atoms with van der Waals surface area (Å²) >= 11 is 6.07. The van der Waals surface area contributed by atoms with Gasteiger partial charge < -0.3 is 11.1 Å². The number of halogens is 1. The minimum atomic E-state index is 0.600. The highest BCUT2D eigenvalue weighted by molar-refractivity contribution is 6.34. The van der Waals surface area contributed by atoms with Crippen LogP contribution in [0.25, 0.3) is 0 Å². The van der Waals surface area contributed by atoms with Crippen molar-refractivity contribution in [3.05, 3.63) is 35.1 Å². The predicted molar refractivity (Wildman–Crippen MR) is 67.1 cm³/mol. The summed E-state index contributed by atoms with van der Waals surface area (Å²) in [6.07, 6.45) is 1.89. The van der Waals surface area contributed by atoms with E-state index in [1.54, 1.807) is 16.8 Å². The van der Waals surface area contributed by atoms with E-state index in [-0.39, 0.29) is 0 Å². The van der Waals surface area contributed by atoms with E-state index < -0.39 is 0 Å². The lowest BCUT2D eigenvalue weighted by Gasteiger charge is -2.09. The van der Waals surface area contributed by atoms with Crippen molar-refractivity contribution in [1.82, 2.24) is 9.78 Å². The van der Waals surface area contributed by atoms with Gasteiger partial charge in [-0.2, -0.15) is 5.10 Å². The summed E-state index contributed by atoms with van der Waals surface area (Å²) in [4.78, 5) is 0. The van der Waals surface area contributed by atoms with Gasteiger partial charge >= 0.3 is 0 Å². The third-order valence-electron chi connectivity index (χ3n) is 2.32. The second kappa shape index (κ2) is 4.06. The van der Waals surface area contributed by atoms with Crippen LogP contribution in [0.1, 0.15) is 5.69 Å². The molecule has 0 aliphatic carbocycles. The van der Waals surface area contributed by atoms with E-state index in [0.29, 0.717) is 10.7 Å². The molecule has 0 bridgehead atoms. The van der Waals surface area contributed by atoms with Crippen molar-refractivity contribution >= 4 is 28.7 Å². The minimum Gasteiger partial charge on any atom is -0.397 e. The molecule has 16 heavy (non-hydrogen) atoms. The molecule has 1 aromatic heterocycles. The molecule has 84 valence electrons. The molecule has 2 aromatic rings. The molecule has 1 heterocycles. The lowest BCUT2D eigenvalue weighted by Crippen LogP contribution is -1.97. The Morgan fingerprint density at radius 2 is 2.19 bits per heavy atom. The van der Waals surface area contributed by atoms with Crippen LogP contribution in [-0.4, -0.2) is 9.78 Å². The van der Waals surface area contributed by atoms with Crippen LogP contribution in [-0.2, 0) is 7.05 Å². The van der Waals surface area contributed by atoms with E-state index in [0.717, 1.165) is 17.1 Å². The number of hydrogen-bond acceptors (Lipinski definition) is 3. The van der Waals surface area contributed by atoms with Gasteiger partial charge in [0.05, 0.1) is 27.8 Å². The van der Waals surface area contributed by atoms with Crippen molar-refractivity contribution in [3.8, 4) is 0 Å². The Morgan fingerprint density at radius 3 is 2.75 bits per heavy atom. The average Bonchev–Trinajstić information content (AvgIpc) is 2.51. The summed E-state index contributed by atoms with van der Waals surface area (Å²) in [7, 11) is 1.87. The first-order valence-corrected chi connectivity index (χ1v) is 5.27. The van der Waals surface area contributed by atoms with Gasteiger partial charge in [0.2, 0.25) is 0 Å². The minimum absolute atomic E-state index is 0.600. The second-order valence-electron chi connectivity index (χ2n) is 3.63. The van der Waals surface area contributed by atoms with Crippen molar-refractivity contribution in [2.45, 2.75) is 6.92 Å². The van der Waals surface area contributed by atoms with Gasteiger partial charge in [0.25, 0.3) is 0 Å². The fourth-order valence-corrected chi connectivity index (χ4v) is 1.76. The lowest BCUT2D eigenvalue weighted by atomic mass is 10.2. The van der Waals surface area contributed by atoms with Crippen LogP contribution in [0, 0.1) is 6.92 Å². The number of benzene rings is 1. The Balaban J connectivity index is 2.37. The fourth-order valence-electron chi connectivity index (χ4n) is 1.53. The van der Waals surface area contributed by atoms with E-state index >= 15 is 0 Å². The van der Waals surface area contributed by atoms with Gasteiger partial charge in [0.15, 0.2) is 0 Å². The van der Waals surface area contributed by atoms with Crippen LogP contribution in [0.3, 0.4) is 0 Å². The molecule has 0 unspecified atom stereocenters. The van der Waals surface area contributed by atoms with E-state index in [2.05, 4.69) is 10.4 Å². The number of para-hydroxylation sites is 1. The maximum absolute atomic E-state index is 6.07. The molecule has 0 amide bonds. The summed E-state index contributed by atoms with van der Waals surface area (Å²) < 4.78 is 1.74. The first-order valence-electron chi connectivity index (χ1n) is 4.89. The molecule has 0 atom stereocenters. The van der Waals surface area contributed by atoms with Gasteiger partial charge in [-0.05, 0) is 19.1 Å². The maximum Gasteiger partial charge on any atom is 0.0828 e. The Hall–Kier alpha value is -1.68. The molecular weight excluding hydrogens is 224 g/mol. The van der Waals surface area contributed by atoms with Crippen LogP contribution in [0.5, 0.6) is 0 Å². The third kappa shape index (κ3) is 1.97. The van der Waals surface area contributed by atoms with Gasteiger partial charge in [-0.3, -0.25) is 4.68 Å². The van der Waals surface area contributed by atoms with Crippen molar-refractivity contribution in [2.75, 3.05) is 11.1 Å². The molecule has 5 heteroatoms. The molecule has 0 radical (unpaired) electrons. The van der Waals surface area contributed by atoms with E-state index in [1.165, 1.54) is 0 Å².